The lowest BCUT2D eigenvalue weighted by Gasteiger charge is -2.16. The number of rotatable bonds is 7. The number of aromatic nitrogens is 2. The first-order chi connectivity index (χ1) is 15.5. The number of hydrogen-bond donors (Lipinski definition) is 4. The number of hydrogen-bond acceptors (Lipinski definition) is 4. The van der Waals surface area contributed by atoms with Crippen LogP contribution in [0.3, 0.4) is 0 Å². The molecule has 0 bridgehead atoms. The molecule has 0 saturated heterocycles. The molecule has 11 heteroatoms. The molecule has 2 amide bonds. The minimum atomic E-state index is -1.86. The molecule has 2 atom stereocenters. The van der Waals surface area contributed by atoms with Crippen LogP contribution in [0.1, 0.15) is 29.8 Å². The number of H-pyrrole nitrogens is 1. The molecule has 0 fully saturated rings. The van der Waals surface area contributed by atoms with E-state index in [1.165, 1.54) is 13.0 Å². The van der Waals surface area contributed by atoms with Crippen molar-refractivity contribution < 1.29 is 23.5 Å². The first-order valence-electron chi connectivity index (χ1n) is 9.50. The molecule has 3 aromatic rings. The van der Waals surface area contributed by atoms with Gasteiger partial charge in [-0.3, -0.25) is 14.7 Å². The van der Waals surface area contributed by atoms with E-state index < -0.39 is 35.6 Å². The van der Waals surface area contributed by atoms with E-state index in [0.29, 0.717) is 32.9 Å². The van der Waals surface area contributed by atoms with Crippen LogP contribution in [0.25, 0.3) is 5.57 Å². The van der Waals surface area contributed by atoms with Crippen LogP contribution in [-0.4, -0.2) is 33.2 Å². The smallest absolute Gasteiger partial charge is 0.254 e. The number of amides is 2. The normalized spacial score (nSPS) is 12.7. The Bertz CT molecular complexity index is 1210. The van der Waals surface area contributed by atoms with Crippen LogP contribution in [0.5, 0.6) is 0 Å². The van der Waals surface area contributed by atoms with Gasteiger partial charge in [-0.1, -0.05) is 35.8 Å². The Morgan fingerprint density at radius 3 is 2.36 bits per heavy atom. The number of carbonyl (C=O) groups is 2. The molecular formula is C22H18Cl2F2N4O3. The van der Waals surface area contributed by atoms with Gasteiger partial charge in [0.15, 0.2) is 6.10 Å². The van der Waals surface area contributed by atoms with Crippen molar-refractivity contribution in [2.45, 2.75) is 19.1 Å². The second-order valence-corrected chi connectivity index (χ2v) is 7.91. The van der Waals surface area contributed by atoms with Crippen LogP contribution in [0.4, 0.5) is 14.6 Å². The van der Waals surface area contributed by atoms with E-state index in [2.05, 4.69) is 27.4 Å². The Balaban J connectivity index is 1.61. The third-order valence-corrected chi connectivity index (χ3v) is 5.35. The molecular weight excluding hydrogens is 477 g/mol. The minimum Gasteiger partial charge on any atom is -0.378 e. The van der Waals surface area contributed by atoms with Gasteiger partial charge in [-0.15, -0.1) is 0 Å². The van der Waals surface area contributed by atoms with Crippen LogP contribution in [0.2, 0.25) is 10.0 Å². The molecule has 0 saturated carbocycles. The summed E-state index contributed by atoms with van der Waals surface area (Å²) in [6.45, 7) is 5.33. The van der Waals surface area contributed by atoms with Crippen molar-refractivity contribution in [2.24, 2.45) is 0 Å². The zero-order valence-electron chi connectivity index (χ0n) is 17.1. The lowest BCUT2D eigenvalue weighted by atomic mass is 10.1. The molecule has 0 spiro atoms. The molecule has 172 valence electrons. The highest BCUT2D eigenvalue weighted by molar-refractivity contribution is 6.42. The van der Waals surface area contributed by atoms with Crippen molar-refractivity contribution in [3.05, 3.63) is 87.5 Å². The zero-order valence-corrected chi connectivity index (χ0v) is 18.6. The number of aromatic amines is 1. The summed E-state index contributed by atoms with van der Waals surface area (Å²) >= 11 is 11.9. The van der Waals surface area contributed by atoms with Crippen LogP contribution in [0.15, 0.2) is 49.0 Å². The van der Waals surface area contributed by atoms with Gasteiger partial charge in [0.1, 0.15) is 23.5 Å². The van der Waals surface area contributed by atoms with Gasteiger partial charge in [-0.05, 0) is 42.3 Å². The summed E-state index contributed by atoms with van der Waals surface area (Å²) in [6.07, 6.45) is -1.86. The average Bonchev–Trinajstić information content (AvgIpc) is 3.22. The topological polar surface area (TPSA) is 107 Å². The zero-order chi connectivity index (χ0) is 24.3. The maximum absolute atomic E-state index is 13.3. The summed E-state index contributed by atoms with van der Waals surface area (Å²) in [6, 6.07) is 7.67. The van der Waals surface area contributed by atoms with Crippen LogP contribution in [-0.2, 0) is 9.59 Å². The van der Waals surface area contributed by atoms with E-state index in [9.17, 15) is 23.5 Å². The number of carbonyl (C=O) groups excluding carboxylic acids is 2. The maximum Gasteiger partial charge on any atom is 0.254 e. The third kappa shape index (κ3) is 5.95. The van der Waals surface area contributed by atoms with Gasteiger partial charge < -0.3 is 15.7 Å². The summed E-state index contributed by atoms with van der Waals surface area (Å²) in [5.74, 6) is -3.29. The second kappa shape index (κ2) is 10.1. The molecule has 0 unspecified atom stereocenters. The van der Waals surface area contributed by atoms with Crippen molar-refractivity contribution in [1.82, 2.24) is 15.5 Å². The van der Waals surface area contributed by atoms with Gasteiger partial charge in [0, 0.05) is 17.7 Å². The molecule has 3 rings (SSSR count). The number of nitrogens with one attached hydrogen (secondary N) is 3. The number of aliphatic hydroxyl groups is 1. The average molecular weight is 495 g/mol. The van der Waals surface area contributed by atoms with Gasteiger partial charge in [0.05, 0.1) is 15.7 Å². The van der Waals surface area contributed by atoms with E-state index in [0.717, 1.165) is 12.1 Å². The van der Waals surface area contributed by atoms with E-state index in [1.807, 2.05) is 0 Å². The lowest BCUT2D eigenvalue weighted by Crippen LogP contribution is -2.43. The molecule has 0 aliphatic heterocycles. The second-order valence-electron chi connectivity index (χ2n) is 7.10. The number of nitrogens with zero attached hydrogens (tertiary/aromatic N) is 1. The highest BCUT2D eigenvalue weighted by Gasteiger charge is 2.24. The van der Waals surface area contributed by atoms with Gasteiger partial charge in [0.25, 0.3) is 5.91 Å². The van der Waals surface area contributed by atoms with Gasteiger partial charge in [-0.25, -0.2) is 8.78 Å². The Labute approximate surface area is 197 Å². The monoisotopic (exact) mass is 494 g/mol. The highest BCUT2D eigenvalue weighted by atomic mass is 35.5. The SMILES string of the molecule is C=C(c1ccc(Cl)c(Cl)c1)c1cc(NC(=O)[C@H](C)NC(=O)[C@@H](O)c2cc(F)cc(F)c2)[nH]n1. The summed E-state index contributed by atoms with van der Waals surface area (Å²) in [7, 11) is 0. The summed E-state index contributed by atoms with van der Waals surface area (Å²) in [5.41, 5.74) is 1.36. The molecule has 4 N–H and O–H groups in total. The van der Waals surface area contributed by atoms with Gasteiger partial charge >= 0.3 is 0 Å². The van der Waals surface area contributed by atoms with Gasteiger partial charge in [-0.2, -0.15) is 5.10 Å². The number of halogens is 4. The predicted octanol–water partition coefficient (Wildman–Crippen LogP) is 4.23. The first kappa shape index (κ1) is 24.4. The molecule has 2 aromatic carbocycles. The van der Waals surface area contributed by atoms with Crippen molar-refractivity contribution in [3.8, 4) is 0 Å². The summed E-state index contributed by atoms with van der Waals surface area (Å²) in [4.78, 5) is 24.6. The summed E-state index contributed by atoms with van der Waals surface area (Å²) < 4.78 is 26.6. The fourth-order valence-corrected chi connectivity index (χ4v) is 3.15. The third-order valence-electron chi connectivity index (χ3n) is 4.61. The molecule has 1 heterocycles. The number of anilines is 1. The standard InChI is InChI=1S/C22H18Cl2F2N4O3/c1-10(12-3-4-16(23)17(24)7-12)18-9-19(30-29-18)28-21(32)11(2)27-22(33)20(31)13-5-14(25)8-15(26)6-13/h3-9,11,20,31H,1H2,2H3,(H,27,33)(H2,28,29,30,32)/t11-,20-/m0/s1. The fraction of sp³-hybridized carbons (Fsp3) is 0.136. The molecule has 7 nitrogen and oxygen atoms in total. The van der Waals surface area contributed by atoms with Crippen LogP contribution < -0.4 is 10.6 Å². The van der Waals surface area contributed by atoms with Crippen molar-refractivity contribution in [3.63, 3.8) is 0 Å². The van der Waals surface area contributed by atoms with E-state index in [4.69, 9.17) is 23.2 Å². The molecule has 0 radical (unpaired) electrons. The van der Waals surface area contributed by atoms with Crippen LogP contribution in [0, 0.1) is 11.6 Å². The quantitative estimate of drug-likeness (QED) is 0.394. The minimum absolute atomic E-state index is 0.227. The Hall–Kier alpha value is -3.27. The van der Waals surface area contributed by atoms with Crippen molar-refractivity contribution in [2.75, 3.05) is 5.32 Å². The van der Waals surface area contributed by atoms with Crippen molar-refractivity contribution in [1.29, 1.82) is 0 Å². The largest absolute Gasteiger partial charge is 0.378 e. The van der Waals surface area contributed by atoms with E-state index in [-0.39, 0.29) is 11.4 Å². The van der Waals surface area contributed by atoms with Crippen LogP contribution >= 0.6 is 23.2 Å². The predicted molar refractivity (Wildman–Crippen MR) is 121 cm³/mol. The summed E-state index contributed by atoms with van der Waals surface area (Å²) in [5, 5.41) is 22.3. The van der Waals surface area contributed by atoms with E-state index >= 15 is 0 Å². The molecule has 0 aliphatic carbocycles. The van der Waals surface area contributed by atoms with E-state index in [1.54, 1.807) is 18.2 Å². The Morgan fingerprint density at radius 2 is 1.73 bits per heavy atom. The first-order valence-corrected chi connectivity index (χ1v) is 10.3. The molecule has 1 aromatic heterocycles. The molecule has 33 heavy (non-hydrogen) atoms. The number of aliphatic hydroxyl groups excluding tert-OH is 1. The van der Waals surface area contributed by atoms with Gasteiger partial charge in [0.2, 0.25) is 5.91 Å². The fourth-order valence-electron chi connectivity index (χ4n) is 2.86. The molecule has 0 aliphatic rings. The lowest BCUT2D eigenvalue weighted by molar-refractivity contribution is -0.132. The van der Waals surface area contributed by atoms with Crippen molar-refractivity contribution >= 4 is 46.4 Å². The Morgan fingerprint density at radius 1 is 1.06 bits per heavy atom. The maximum atomic E-state index is 13.3. The Kier molecular flexibility index (Phi) is 7.47. The number of benzene rings is 2. The highest BCUT2D eigenvalue weighted by Crippen LogP contribution is 2.28.